The molecule has 89 heteroatoms. The zero-order valence-electron chi connectivity index (χ0n) is 65.1. The Morgan fingerprint density at radius 2 is 0.508 bits per heavy atom. The largest absolute Gasteiger partial charge is 1.00 e. The number of hydrogen-bond donors (Lipinski definition) is 0. The van der Waals surface area contributed by atoms with Crippen LogP contribution in [0.15, 0.2) is 36.5 Å². The summed E-state index contributed by atoms with van der Waals surface area (Å²) in [5.41, 5.74) is 0.575. The Morgan fingerprint density at radius 3 is 0.774 bits per heavy atom. The molecule has 4 fully saturated rings. The number of nitrogens with zero attached hydrogens (tertiary/aromatic N) is 3. The van der Waals surface area contributed by atoms with Crippen molar-refractivity contribution in [2.75, 3.05) is 33.0 Å². The molecule has 646 valence electrons. The van der Waals surface area contributed by atoms with E-state index in [1.807, 2.05) is 0 Å². The molecule has 20 atom stereocenters. The molecular formula is C35H40N3Na13O60S13. The van der Waals surface area contributed by atoms with Crippen LogP contribution in [0, 0.1) is 0 Å². The normalized spacial score (nSPS) is 27.2. The Balaban J connectivity index is -0.00000173. The molecule has 0 saturated carbocycles. The summed E-state index contributed by atoms with van der Waals surface area (Å²) in [5, 5.41) is 7.71. The SMILES string of the molecule is O=S(=O)([O-])OC[C@H]1O[C@H](OCCCn2cc(-c3ccccc3)nn2)[C@@H](O[C@H]2O[C@H](COS(=O)(=O)[O-])[C@@H](OS(=O)(=O)[O-])[C@H](O[C@H]3O[C@H](COS(=O)(=O)[O-])[C@@H](OS(=O)(=O)[O-])[C@H](O[C@H]4O[C@H](COS(=O)(=O)[O-])[C@@H](OS(=O)(=O)[O-])[C@H](OS(=O)(=O)[O-])[C@@H]4OS(=O)(=O)[O-])[C@@H]3OS(=O)(=O)[O-])[C@@H]2OS(=O)(=O)[O-])[C@@H](OS(=O)(=O)[O-])[C@@H]1OS(=O)(=O)[O-].[Na+].[Na+].[Na+].[Na+].[Na+].[Na+].[Na+].[Na+].[Na+].[Na+].[Na+].[Na+].[Na+]. The minimum atomic E-state index is -7.22. The van der Waals surface area contributed by atoms with Crippen molar-refractivity contribution in [3.05, 3.63) is 36.5 Å². The van der Waals surface area contributed by atoms with Gasteiger partial charge < -0.3 is 97.1 Å². The molecule has 0 radical (unpaired) electrons. The first-order valence-corrected chi connectivity index (χ1v) is 44.7. The molecule has 6 rings (SSSR count). The average Bonchev–Trinajstić information content (AvgIpc) is 0.776. The molecule has 1 aromatic heterocycles. The molecule has 0 aliphatic carbocycles. The van der Waals surface area contributed by atoms with Crippen LogP contribution in [0.25, 0.3) is 11.3 Å². The molecule has 4 aliphatic rings. The Bertz CT molecular complexity index is 5190. The van der Waals surface area contributed by atoms with Gasteiger partial charge in [0.05, 0.1) is 39.2 Å². The van der Waals surface area contributed by atoms with E-state index in [2.05, 4.69) is 64.7 Å². The van der Waals surface area contributed by atoms with Crippen molar-refractivity contribution in [3.8, 4) is 11.3 Å². The van der Waals surface area contributed by atoms with Gasteiger partial charge in [-0.3, -0.25) is 59.1 Å². The molecular weight excluding hydrogens is 2140 g/mol. The molecule has 2 aromatic rings. The van der Waals surface area contributed by atoms with E-state index in [0.717, 1.165) is 4.68 Å². The van der Waals surface area contributed by atoms with Gasteiger partial charge in [0.2, 0.25) is 135 Å². The van der Waals surface area contributed by atoms with Crippen molar-refractivity contribution in [1.82, 2.24) is 15.0 Å². The Hall–Kier alpha value is 9.35. The minimum absolute atomic E-state index is 0. The fraction of sp³-hybridized carbons (Fsp3) is 0.771. The van der Waals surface area contributed by atoms with Gasteiger partial charge in [0.25, 0.3) is 0 Å². The van der Waals surface area contributed by atoms with Crippen LogP contribution in [-0.2, 0) is 234 Å². The molecule has 5 heterocycles. The molecule has 0 spiro atoms. The second-order valence-electron chi connectivity index (χ2n) is 20.9. The molecule has 0 unspecified atom stereocenters. The van der Waals surface area contributed by atoms with Crippen molar-refractivity contribution < 1.29 is 645 Å². The quantitative estimate of drug-likeness (QED) is 0.0258. The first-order valence-electron chi connectivity index (χ1n) is 27.4. The maximum atomic E-state index is 13.0. The van der Waals surface area contributed by atoms with E-state index < -0.39 is 304 Å². The Labute approximate surface area is 993 Å². The molecule has 0 bridgehead atoms. The number of rotatable bonds is 42. The summed E-state index contributed by atoms with van der Waals surface area (Å²) < 4.78 is 577. The van der Waals surface area contributed by atoms with E-state index in [4.69, 9.17) is 37.9 Å². The summed E-state index contributed by atoms with van der Waals surface area (Å²) in [4.78, 5) is 0. The van der Waals surface area contributed by atoms with E-state index in [0.29, 0.717) is 5.56 Å². The predicted molar refractivity (Wildman–Crippen MR) is 299 cm³/mol. The van der Waals surface area contributed by atoms with Crippen LogP contribution in [0.2, 0.25) is 0 Å². The molecule has 4 saturated heterocycles. The van der Waals surface area contributed by atoms with Crippen molar-refractivity contribution in [3.63, 3.8) is 0 Å². The van der Waals surface area contributed by atoms with Crippen molar-refractivity contribution in [2.24, 2.45) is 0 Å². The molecule has 0 amide bonds. The van der Waals surface area contributed by atoms with Crippen molar-refractivity contribution in [2.45, 2.75) is 136 Å². The smallest absolute Gasteiger partial charge is 0.726 e. The van der Waals surface area contributed by atoms with Crippen LogP contribution in [-0.4, -0.2) is 339 Å². The zero-order valence-corrected chi connectivity index (χ0v) is 102. The van der Waals surface area contributed by atoms with Gasteiger partial charge in [0, 0.05) is 12.1 Å². The summed E-state index contributed by atoms with van der Waals surface area (Å²) in [7, 11) is -88.2. The first kappa shape index (κ1) is 149. The molecule has 4 aliphatic heterocycles. The third-order valence-electron chi connectivity index (χ3n) is 13.2. The summed E-state index contributed by atoms with van der Waals surface area (Å²) in [6, 6.07) is 7.73. The molecule has 63 nitrogen and oxygen atoms in total. The van der Waals surface area contributed by atoms with E-state index in [9.17, 15) is 169 Å². The maximum Gasteiger partial charge on any atom is 1.00 e. The van der Waals surface area contributed by atoms with Gasteiger partial charge in [0.1, 0.15) is 85.0 Å². The van der Waals surface area contributed by atoms with Gasteiger partial charge in [0.15, 0.2) is 43.5 Å². The number of hydrogen-bond acceptors (Lipinski definition) is 62. The fourth-order valence-electron chi connectivity index (χ4n) is 9.82. The van der Waals surface area contributed by atoms with Crippen LogP contribution in [0.1, 0.15) is 6.42 Å². The molecule has 1 aromatic carbocycles. The minimum Gasteiger partial charge on any atom is -0.726 e. The van der Waals surface area contributed by atoms with E-state index in [1.54, 1.807) is 18.2 Å². The summed E-state index contributed by atoms with van der Waals surface area (Å²) in [6.07, 6.45) is -75.3. The standard InChI is InChI=1S/C35H53N3O60S13.13Na/c39-99(40,41)79-10-16-20(90-103(51,52)53)24(88-35-31(98-111(75,76)77)27(95-108(66,67)68)23(93-106(60,61)62)19(86-35)13-82-102(48,49)50)29(96-109(69,70)71)33(84-16)87-25-21(91-104(54,55)56)17(11-80-100(42,43)44)85-34(30(25)97-110(72,73)74)89-28-26(94-107(63,64)65)22(92-105(57,58)59)18(12-81-101(45,46)47)83-32(28)78-8-4-7-38-9-15(36-37-38)14-5-2-1-3-6-14;;;;;;;;;;;;;/h1-3,5-6,9,16-35H,4,7-8,10-13H2,(H,39,40,41)(H,42,43,44)(H,45,46,47)(H,48,49,50)(H,51,52,53)(H,54,55,56)(H,57,58,59)(H,60,61,62)(H,63,64,65)(H,66,67,68)(H,69,70,71)(H,72,73,74)(H,75,76,77);;;;;;;;;;;;;/q;13*+1/p-13/t16-,17-,18-,19-,20-,21-,22-,23-,24+,25+,26+,27+,28+,29+,30+,31+,32+,33-,34-,35-;;;;;;;;;;;;;/m1............./s1. The second-order valence-corrected chi connectivity index (χ2v) is 34.2. The summed E-state index contributed by atoms with van der Waals surface area (Å²) in [6.45, 7) is -11.1. The third kappa shape index (κ3) is 56.7. The van der Waals surface area contributed by atoms with Gasteiger partial charge in [-0.05, 0) is 6.42 Å². The van der Waals surface area contributed by atoms with Crippen LogP contribution in [0.3, 0.4) is 0 Å². The van der Waals surface area contributed by atoms with Crippen LogP contribution in [0.5, 0.6) is 0 Å². The maximum absolute atomic E-state index is 13.0. The number of aryl methyl sites for hydroxylation is 1. The van der Waals surface area contributed by atoms with Crippen LogP contribution >= 0.6 is 0 Å². The number of benzene rings is 1. The van der Waals surface area contributed by atoms with E-state index >= 15 is 0 Å². The monoisotopic (exact) mass is 2180 g/mol. The van der Waals surface area contributed by atoms with Crippen LogP contribution in [0.4, 0.5) is 0 Å². The van der Waals surface area contributed by atoms with Gasteiger partial charge in [-0.1, -0.05) is 35.5 Å². The van der Waals surface area contributed by atoms with Crippen molar-refractivity contribution in [1.29, 1.82) is 0 Å². The molecule has 0 N–H and O–H groups in total. The fourth-order valence-corrected chi connectivity index (χ4v) is 15.4. The topological polar surface area (TPSA) is 968 Å². The summed E-state index contributed by atoms with van der Waals surface area (Å²) in [5.74, 6) is 0. The van der Waals surface area contributed by atoms with Crippen molar-refractivity contribution >= 4 is 135 Å². The van der Waals surface area contributed by atoms with E-state index in [-0.39, 0.29) is 390 Å². The Kier molecular flexibility index (Phi) is 74.0. The average molecular weight is 2180 g/mol. The summed E-state index contributed by atoms with van der Waals surface area (Å²) >= 11 is 0. The van der Waals surface area contributed by atoms with Gasteiger partial charge in [-0.15, -0.1) is 5.10 Å². The van der Waals surface area contributed by atoms with Gasteiger partial charge >= 0.3 is 384 Å². The van der Waals surface area contributed by atoms with E-state index in [1.165, 1.54) is 18.3 Å². The third-order valence-corrected chi connectivity index (χ3v) is 19.0. The zero-order chi connectivity index (χ0) is 84.2. The van der Waals surface area contributed by atoms with Crippen LogP contribution < -0.4 is 384 Å². The Morgan fingerprint density at radius 1 is 0.282 bits per heavy atom. The van der Waals surface area contributed by atoms with Gasteiger partial charge in [-0.25, -0.2) is 109 Å². The predicted octanol–water partition coefficient (Wildman–Crippen LogP) is -53.0. The first-order chi connectivity index (χ1) is 50.1. The second kappa shape index (κ2) is 61.7. The number of aromatic nitrogens is 3. The molecule has 124 heavy (non-hydrogen) atoms. The van der Waals surface area contributed by atoms with Gasteiger partial charge in [-0.2, -0.15) is 0 Å². The number of ether oxygens (including phenoxy) is 8.